The number of aryl methyl sites for hydroxylation is 3. The van der Waals surface area contributed by atoms with Gasteiger partial charge >= 0.3 is 0 Å². The molecule has 168 valence electrons. The fraction of sp³-hybridized carbons (Fsp3) is 0.292. The summed E-state index contributed by atoms with van der Waals surface area (Å²) in [5.41, 5.74) is 9.22. The number of nitrogens with two attached hydrogens (primary N) is 1. The first-order valence-corrected chi connectivity index (χ1v) is 11.2. The minimum Gasteiger partial charge on any atom is -0.438 e. The van der Waals surface area contributed by atoms with Crippen molar-refractivity contribution in [2.45, 2.75) is 52.0 Å². The molecule has 7 nitrogen and oxygen atoms in total. The van der Waals surface area contributed by atoms with Gasteiger partial charge in [-0.1, -0.05) is 50.6 Å². The summed E-state index contributed by atoms with van der Waals surface area (Å²) in [5.74, 6) is 0.238. The molecular formula is C24H27N4O3S-. The van der Waals surface area contributed by atoms with Crippen molar-refractivity contribution in [3.8, 4) is 11.6 Å². The monoisotopic (exact) mass is 451 g/mol. The van der Waals surface area contributed by atoms with Crippen LogP contribution in [-0.4, -0.2) is 15.9 Å². The summed E-state index contributed by atoms with van der Waals surface area (Å²) >= 11 is 0. The fourth-order valence-electron chi connectivity index (χ4n) is 3.22. The van der Waals surface area contributed by atoms with Crippen molar-refractivity contribution >= 4 is 22.3 Å². The molecule has 0 saturated carbocycles. The number of anilines is 1. The van der Waals surface area contributed by atoms with Gasteiger partial charge in [-0.15, -0.1) is 10.6 Å². The van der Waals surface area contributed by atoms with Gasteiger partial charge in [-0.05, 0) is 55.1 Å². The second-order valence-electron chi connectivity index (χ2n) is 8.68. The third kappa shape index (κ3) is 5.31. The van der Waals surface area contributed by atoms with E-state index in [-0.39, 0.29) is 27.7 Å². The molecule has 0 fully saturated rings. The van der Waals surface area contributed by atoms with Gasteiger partial charge < -0.3 is 19.0 Å². The summed E-state index contributed by atoms with van der Waals surface area (Å²) < 4.78 is 22.5. The van der Waals surface area contributed by atoms with E-state index in [1.807, 2.05) is 53.7 Å². The van der Waals surface area contributed by atoms with E-state index in [2.05, 4.69) is 14.3 Å². The minimum absolute atomic E-state index is 0.102. The third-order valence-electron chi connectivity index (χ3n) is 4.75. The van der Waals surface area contributed by atoms with Crippen molar-refractivity contribution in [2.75, 3.05) is 5.73 Å². The molecule has 1 amide bonds. The van der Waals surface area contributed by atoms with Gasteiger partial charge in [0.05, 0.1) is 0 Å². The maximum atomic E-state index is 13.0. The van der Waals surface area contributed by atoms with Crippen LogP contribution in [0, 0.1) is 20.8 Å². The molecule has 0 aliphatic heterocycles. The molecule has 2 aromatic heterocycles. The van der Waals surface area contributed by atoms with E-state index < -0.39 is 16.5 Å². The summed E-state index contributed by atoms with van der Waals surface area (Å²) in [6.45, 7) is 12.0. The molecule has 0 spiro atoms. The van der Waals surface area contributed by atoms with Gasteiger partial charge in [0, 0.05) is 11.1 Å². The van der Waals surface area contributed by atoms with Crippen LogP contribution in [0.1, 0.15) is 53.5 Å². The van der Waals surface area contributed by atoms with E-state index in [0.717, 1.165) is 22.4 Å². The first kappa shape index (κ1) is 23.4. The molecule has 0 aliphatic carbocycles. The lowest BCUT2D eigenvalue weighted by Crippen LogP contribution is -2.15. The number of benzene rings is 1. The predicted octanol–water partition coefficient (Wildman–Crippen LogP) is 5.42. The molecule has 1 aromatic carbocycles. The van der Waals surface area contributed by atoms with Crippen LogP contribution in [0.4, 0.5) is 5.82 Å². The number of hydrogen-bond acceptors (Lipinski definition) is 7. The Bertz CT molecular complexity index is 1250. The molecular weight excluding hydrogens is 424 g/mol. The van der Waals surface area contributed by atoms with Crippen molar-refractivity contribution in [2.24, 2.45) is 4.36 Å². The Hall–Kier alpha value is -3.26. The van der Waals surface area contributed by atoms with E-state index in [1.54, 1.807) is 24.3 Å². The molecule has 0 saturated heterocycles. The van der Waals surface area contributed by atoms with Gasteiger partial charge in [-0.2, -0.15) is 0 Å². The molecule has 2 N–H and O–H groups in total. The predicted molar refractivity (Wildman–Crippen MR) is 125 cm³/mol. The summed E-state index contributed by atoms with van der Waals surface area (Å²) in [5, 5.41) is 0.102. The Kier molecular flexibility index (Phi) is 6.64. The van der Waals surface area contributed by atoms with Gasteiger partial charge in [0.2, 0.25) is 5.88 Å². The molecule has 32 heavy (non-hydrogen) atoms. The average molecular weight is 452 g/mol. The van der Waals surface area contributed by atoms with Gasteiger partial charge in [-0.25, -0.2) is 4.98 Å². The number of nitrogens with zero attached hydrogens (tertiary/aromatic N) is 3. The first-order valence-electron chi connectivity index (χ1n) is 10.1. The van der Waals surface area contributed by atoms with E-state index in [1.165, 1.54) is 6.07 Å². The number of hydrogen-bond donors (Lipinski definition) is 1. The Balaban J connectivity index is 2.09. The maximum absolute atomic E-state index is 13.0. The van der Waals surface area contributed by atoms with Gasteiger partial charge in [0.1, 0.15) is 17.1 Å². The second kappa shape index (κ2) is 9.08. The standard InChI is InChI=1S/C24H27N4O3S/c1-14-12-15(2)21(16(3)13-14)31-23-17(10-11-18(26-23)24(4,5)6)22(29)28-32(30)20-9-7-8-19(25)27-20/h7-13H,1-6H3,(H2,25,27)/q-1. The number of nitrogen functional groups attached to an aromatic ring is 1. The number of carbonyl (C=O) groups excluding carboxylic acids is 1. The maximum Gasteiger partial charge on any atom is 0.259 e. The fourth-order valence-corrected chi connectivity index (χ4v) is 3.94. The largest absolute Gasteiger partial charge is 0.438 e. The molecule has 3 aromatic rings. The highest BCUT2D eigenvalue weighted by Gasteiger charge is 2.21. The van der Waals surface area contributed by atoms with Crippen LogP contribution in [0.25, 0.3) is 0 Å². The zero-order valence-corrected chi connectivity index (χ0v) is 19.9. The zero-order chi connectivity index (χ0) is 23.6. The smallest absolute Gasteiger partial charge is 0.259 e. The van der Waals surface area contributed by atoms with Crippen LogP contribution in [0.3, 0.4) is 0 Å². The van der Waals surface area contributed by atoms with Crippen molar-refractivity contribution in [1.82, 2.24) is 9.97 Å². The number of carbonyl (C=O) groups is 1. The van der Waals surface area contributed by atoms with Crippen LogP contribution in [0.2, 0.25) is 0 Å². The lowest BCUT2D eigenvalue weighted by Gasteiger charge is -2.20. The topological polar surface area (TPSA) is 108 Å². The number of ether oxygens (including phenoxy) is 1. The van der Waals surface area contributed by atoms with Crippen LogP contribution < -0.4 is 10.5 Å². The zero-order valence-electron chi connectivity index (χ0n) is 19.1. The van der Waals surface area contributed by atoms with Crippen LogP contribution in [0.15, 0.2) is 51.9 Å². The Morgan fingerprint density at radius 3 is 2.28 bits per heavy atom. The van der Waals surface area contributed by atoms with Gasteiger partial charge in [-0.3, -0.25) is 9.78 Å². The molecule has 0 atom stereocenters. The molecule has 2 heterocycles. The van der Waals surface area contributed by atoms with Crippen molar-refractivity contribution in [1.29, 1.82) is 0 Å². The average Bonchev–Trinajstić information content (AvgIpc) is 2.69. The highest BCUT2D eigenvalue weighted by Crippen LogP contribution is 2.33. The van der Waals surface area contributed by atoms with E-state index in [4.69, 9.17) is 10.5 Å². The summed E-state index contributed by atoms with van der Waals surface area (Å²) in [7, 11) is -2.01. The Morgan fingerprint density at radius 1 is 1.03 bits per heavy atom. The lowest BCUT2D eigenvalue weighted by molar-refractivity contribution is 0.100. The third-order valence-corrected chi connectivity index (χ3v) is 5.67. The van der Waals surface area contributed by atoms with E-state index >= 15 is 0 Å². The van der Waals surface area contributed by atoms with Crippen molar-refractivity contribution in [3.05, 3.63) is 70.4 Å². The normalized spacial score (nSPS) is 12.6. The molecule has 0 bridgehead atoms. The summed E-state index contributed by atoms with van der Waals surface area (Å²) in [4.78, 5) is 21.6. The quantitative estimate of drug-likeness (QED) is 0.531. The number of aromatic nitrogens is 2. The number of rotatable bonds is 4. The van der Waals surface area contributed by atoms with Crippen LogP contribution >= 0.6 is 0 Å². The first-order chi connectivity index (χ1) is 15.0. The Labute approximate surface area is 190 Å². The summed E-state index contributed by atoms with van der Waals surface area (Å²) in [6, 6.07) is 12.0. The second-order valence-corrected chi connectivity index (χ2v) is 9.77. The molecule has 0 aliphatic rings. The van der Waals surface area contributed by atoms with E-state index in [9.17, 15) is 9.00 Å². The highest BCUT2D eigenvalue weighted by atomic mass is 32.2. The molecule has 0 unspecified atom stereocenters. The molecule has 8 heteroatoms. The lowest BCUT2D eigenvalue weighted by atomic mass is 9.91. The van der Waals surface area contributed by atoms with Crippen molar-refractivity contribution < 1.29 is 13.7 Å². The molecule has 0 radical (unpaired) electrons. The van der Waals surface area contributed by atoms with Crippen molar-refractivity contribution in [3.63, 3.8) is 0 Å². The van der Waals surface area contributed by atoms with Crippen LogP contribution in [-0.2, 0) is 20.2 Å². The summed E-state index contributed by atoms with van der Waals surface area (Å²) in [6.07, 6.45) is 0. The SMILES string of the molecule is Cc1cc(C)c(Oc2nc(C(C)(C)C)ccc2C(=O)N=[S-](=O)c2cccc(N)n2)c(C)c1. The number of pyridine rings is 2. The number of amides is 1. The van der Waals surface area contributed by atoms with E-state index in [0.29, 0.717) is 5.75 Å². The minimum atomic E-state index is -2.01. The highest BCUT2D eigenvalue weighted by molar-refractivity contribution is 7.75. The Morgan fingerprint density at radius 2 is 1.69 bits per heavy atom. The van der Waals surface area contributed by atoms with Crippen LogP contribution in [0.5, 0.6) is 11.6 Å². The van der Waals surface area contributed by atoms with Gasteiger partial charge in [0.25, 0.3) is 5.91 Å². The van der Waals surface area contributed by atoms with Gasteiger partial charge in [0.15, 0.2) is 0 Å². The molecule has 3 rings (SSSR count).